The number of nitrogens with zero attached hydrogens (tertiary/aromatic N) is 2. The number of para-hydroxylation sites is 1. The Labute approximate surface area is 196 Å². The van der Waals surface area contributed by atoms with Crippen molar-refractivity contribution in [3.63, 3.8) is 0 Å². The van der Waals surface area contributed by atoms with Crippen LogP contribution in [-0.4, -0.2) is 19.9 Å². The lowest BCUT2D eigenvalue weighted by atomic mass is 10.1. The van der Waals surface area contributed by atoms with Crippen molar-refractivity contribution in [1.82, 2.24) is 9.82 Å². The van der Waals surface area contributed by atoms with E-state index in [1.54, 1.807) is 29.3 Å². The summed E-state index contributed by atoms with van der Waals surface area (Å²) in [5.41, 5.74) is 0.888. The van der Waals surface area contributed by atoms with Crippen LogP contribution in [0.1, 0.15) is 71.1 Å². The summed E-state index contributed by atoms with van der Waals surface area (Å²) in [5.74, 6) is 0. The van der Waals surface area contributed by atoms with Gasteiger partial charge in [-0.1, -0.05) is 106 Å². The maximum Gasteiger partial charge on any atom is 0.257 e. The molecule has 1 aromatic heterocycles. The highest BCUT2D eigenvalue weighted by molar-refractivity contribution is 7.89. The maximum absolute atomic E-state index is 12.9. The summed E-state index contributed by atoms with van der Waals surface area (Å²) >= 11 is 1.51. The van der Waals surface area contributed by atoms with Gasteiger partial charge in [-0.3, -0.25) is 5.01 Å². The summed E-state index contributed by atoms with van der Waals surface area (Å²) in [5, 5.41) is 2.39. The van der Waals surface area contributed by atoms with E-state index in [1.807, 2.05) is 30.3 Å². The lowest BCUT2D eigenvalue weighted by Gasteiger charge is -2.22. The van der Waals surface area contributed by atoms with Gasteiger partial charge in [0.15, 0.2) is 0 Å². The van der Waals surface area contributed by atoms with Crippen LogP contribution in [0.2, 0.25) is 0 Å². The third-order valence-corrected chi connectivity index (χ3v) is 7.95. The summed E-state index contributed by atoms with van der Waals surface area (Å²) in [7, 11) is -3.66. The number of hydrogen-bond acceptors (Lipinski definition) is 5. The first-order valence-corrected chi connectivity index (χ1v) is 14.1. The maximum atomic E-state index is 12.9. The lowest BCUT2D eigenvalue weighted by molar-refractivity contribution is 0.546. The van der Waals surface area contributed by atoms with E-state index in [9.17, 15) is 8.42 Å². The second-order valence-electron chi connectivity index (χ2n) is 8.21. The van der Waals surface area contributed by atoms with Crippen molar-refractivity contribution in [1.29, 1.82) is 0 Å². The average Bonchev–Trinajstić information content (AvgIpc) is 3.24. The van der Waals surface area contributed by atoms with Crippen molar-refractivity contribution in [3.8, 4) is 0 Å². The molecule has 0 amide bonds. The molecule has 0 radical (unpaired) electrons. The van der Waals surface area contributed by atoms with Crippen LogP contribution in [0.5, 0.6) is 0 Å². The van der Waals surface area contributed by atoms with Crippen LogP contribution in [0.15, 0.2) is 59.5 Å². The molecular formula is C25H35N3O2S2. The second-order valence-corrected chi connectivity index (χ2v) is 10.9. The molecule has 0 unspecified atom stereocenters. The zero-order chi connectivity index (χ0) is 22.7. The molecule has 0 aliphatic rings. The number of hydrazine groups is 1. The lowest BCUT2D eigenvalue weighted by Crippen LogP contribution is -2.43. The Morgan fingerprint density at radius 3 is 2.06 bits per heavy atom. The third kappa shape index (κ3) is 7.57. The quantitative estimate of drug-likeness (QED) is 0.192. The fourth-order valence-corrected chi connectivity index (χ4v) is 5.81. The van der Waals surface area contributed by atoms with Gasteiger partial charge in [0.25, 0.3) is 10.0 Å². The fraction of sp³-hybridized carbons (Fsp3) is 0.480. The normalized spacial score (nSPS) is 11.8. The smallest absolute Gasteiger partial charge is 0.257 e. The first-order chi connectivity index (χ1) is 15.6. The largest absolute Gasteiger partial charge is 0.269 e. The zero-order valence-corrected chi connectivity index (χ0v) is 20.6. The van der Waals surface area contributed by atoms with E-state index < -0.39 is 10.0 Å². The fourth-order valence-electron chi connectivity index (χ4n) is 3.71. The van der Waals surface area contributed by atoms with Crippen molar-refractivity contribution in [3.05, 3.63) is 54.6 Å². The molecule has 5 nitrogen and oxygen atoms in total. The van der Waals surface area contributed by atoms with Gasteiger partial charge in [-0.25, -0.2) is 13.4 Å². The number of hydrogen-bond donors (Lipinski definition) is 1. The SMILES string of the molecule is CCCCCCCCCCCCN(NS(=O)(=O)c1ccccc1)c1nc2ccccc2s1. The Morgan fingerprint density at radius 1 is 0.812 bits per heavy atom. The van der Waals surface area contributed by atoms with E-state index in [2.05, 4.69) is 16.7 Å². The van der Waals surface area contributed by atoms with Crippen LogP contribution in [0.3, 0.4) is 0 Å². The Balaban J connectivity index is 1.57. The number of nitrogens with one attached hydrogen (secondary N) is 1. The van der Waals surface area contributed by atoms with E-state index >= 15 is 0 Å². The molecule has 3 aromatic rings. The summed E-state index contributed by atoms with van der Waals surface area (Å²) in [6.45, 7) is 2.85. The number of anilines is 1. The molecule has 0 aliphatic carbocycles. The van der Waals surface area contributed by atoms with Crippen LogP contribution < -0.4 is 9.84 Å². The molecule has 1 heterocycles. The number of fused-ring (bicyclic) bond motifs is 1. The Hall–Kier alpha value is -1.96. The van der Waals surface area contributed by atoms with Gasteiger partial charge in [0, 0.05) is 6.54 Å². The molecule has 0 fully saturated rings. The van der Waals surface area contributed by atoms with Crippen LogP contribution in [0.25, 0.3) is 10.2 Å². The molecule has 0 saturated heterocycles. The summed E-state index contributed by atoms with van der Waals surface area (Å²) in [4.78, 5) is 7.70. The predicted molar refractivity (Wildman–Crippen MR) is 136 cm³/mol. The molecule has 0 saturated carbocycles. The van der Waals surface area contributed by atoms with E-state index in [0.29, 0.717) is 11.7 Å². The van der Waals surface area contributed by atoms with E-state index in [1.165, 1.54) is 62.7 Å². The zero-order valence-electron chi connectivity index (χ0n) is 19.0. The monoisotopic (exact) mass is 473 g/mol. The van der Waals surface area contributed by atoms with Crippen molar-refractivity contribution in [2.75, 3.05) is 11.6 Å². The highest BCUT2D eigenvalue weighted by atomic mass is 32.2. The van der Waals surface area contributed by atoms with Gasteiger partial charge in [0.1, 0.15) is 0 Å². The summed E-state index contributed by atoms with van der Waals surface area (Å²) < 4.78 is 26.9. The predicted octanol–water partition coefficient (Wildman–Crippen LogP) is 6.92. The number of thiazole rings is 1. The van der Waals surface area contributed by atoms with E-state index in [4.69, 9.17) is 0 Å². The molecular weight excluding hydrogens is 438 g/mol. The molecule has 0 bridgehead atoms. The highest BCUT2D eigenvalue weighted by Crippen LogP contribution is 2.28. The van der Waals surface area contributed by atoms with Gasteiger partial charge < -0.3 is 0 Å². The van der Waals surface area contributed by atoms with Gasteiger partial charge in [0.05, 0.1) is 15.1 Å². The minimum Gasteiger partial charge on any atom is -0.269 e. The van der Waals surface area contributed by atoms with Crippen LogP contribution in [0, 0.1) is 0 Å². The summed E-state index contributed by atoms with van der Waals surface area (Å²) in [6, 6.07) is 16.4. The van der Waals surface area contributed by atoms with Crippen molar-refractivity contribution in [2.45, 2.75) is 76.0 Å². The van der Waals surface area contributed by atoms with Gasteiger partial charge in [-0.15, -0.1) is 4.83 Å². The first kappa shape index (κ1) is 24.7. The second kappa shape index (κ2) is 12.9. The topological polar surface area (TPSA) is 62.3 Å². The van der Waals surface area contributed by atoms with Crippen molar-refractivity contribution < 1.29 is 8.42 Å². The average molecular weight is 474 g/mol. The minimum absolute atomic E-state index is 0.259. The Bertz CT molecular complexity index is 1000. The van der Waals surface area contributed by atoms with Crippen LogP contribution in [-0.2, 0) is 10.0 Å². The molecule has 7 heteroatoms. The van der Waals surface area contributed by atoms with Crippen LogP contribution >= 0.6 is 11.3 Å². The molecule has 174 valence electrons. The van der Waals surface area contributed by atoms with Gasteiger partial charge >= 0.3 is 0 Å². The number of benzene rings is 2. The number of rotatable bonds is 15. The first-order valence-electron chi connectivity index (χ1n) is 11.8. The molecule has 0 aliphatic heterocycles. The molecule has 0 spiro atoms. The standard InChI is InChI=1S/C25H35N3O2S2/c1-2-3-4-5-6-7-8-9-10-16-21-28(25-26-23-19-14-15-20-24(23)31-25)27-32(29,30)22-17-12-11-13-18-22/h11-15,17-20,27H,2-10,16,21H2,1H3. The van der Waals surface area contributed by atoms with Gasteiger partial charge in [-0.2, -0.15) is 0 Å². The Morgan fingerprint density at radius 2 is 1.41 bits per heavy atom. The molecule has 2 aromatic carbocycles. The van der Waals surface area contributed by atoms with Crippen LogP contribution in [0.4, 0.5) is 5.13 Å². The highest BCUT2D eigenvalue weighted by Gasteiger charge is 2.20. The van der Waals surface area contributed by atoms with Gasteiger partial charge in [0.2, 0.25) is 5.13 Å². The molecule has 32 heavy (non-hydrogen) atoms. The van der Waals surface area contributed by atoms with E-state index in [-0.39, 0.29) is 4.90 Å². The summed E-state index contributed by atoms with van der Waals surface area (Å²) in [6.07, 6.45) is 12.4. The van der Waals surface area contributed by atoms with Gasteiger partial charge in [-0.05, 0) is 30.7 Å². The third-order valence-electron chi connectivity index (χ3n) is 5.53. The minimum atomic E-state index is -3.66. The number of unbranched alkanes of at least 4 members (excludes halogenated alkanes) is 9. The van der Waals surface area contributed by atoms with Crippen molar-refractivity contribution >= 4 is 36.7 Å². The number of aromatic nitrogens is 1. The van der Waals surface area contributed by atoms with Crippen molar-refractivity contribution in [2.24, 2.45) is 0 Å². The molecule has 3 rings (SSSR count). The molecule has 1 N–H and O–H groups in total. The number of sulfonamides is 1. The van der Waals surface area contributed by atoms with E-state index in [0.717, 1.165) is 23.1 Å². The molecule has 0 atom stereocenters. The Kier molecular flexibility index (Phi) is 9.96.